The van der Waals surface area contributed by atoms with E-state index in [1.165, 1.54) is 31.4 Å². The number of rotatable bonds is 7. The molecule has 0 bridgehead atoms. The molecule has 0 unspecified atom stereocenters. The van der Waals surface area contributed by atoms with Crippen LogP contribution in [0.4, 0.5) is 26.3 Å². The van der Waals surface area contributed by atoms with E-state index in [-0.39, 0.29) is 5.91 Å². The second-order valence-electron chi connectivity index (χ2n) is 8.53. The number of amides is 1. The molecule has 1 heterocycles. The molecule has 38 heavy (non-hydrogen) atoms. The number of benzene rings is 1. The van der Waals surface area contributed by atoms with E-state index >= 15 is 0 Å². The van der Waals surface area contributed by atoms with Crippen molar-refractivity contribution in [3.63, 3.8) is 0 Å². The average Bonchev–Trinajstić information content (AvgIpc) is 3.77. The predicted molar refractivity (Wildman–Crippen MR) is 121 cm³/mol. The van der Waals surface area contributed by atoms with Gasteiger partial charge < -0.3 is 20.8 Å². The molecule has 2 fully saturated rings. The standard InChI is InChI=1S/C20H23N3O.2C2HF3O2/c24-20(23-13-17-3-1-2-10-21-17)16-8-6-15(7-9-16)18-11-19(18)22-12-14-4-5-14;2*3-2(4,5)1(6)7/h1-3,6-10,14,18-19,22H,4-5,11-13H2,(H,23,24);2*(H,6,7)/t18-,19+;;/m0../s1. The first-order chi connectivity index (χ1) is 17.7. The number of carbonyl (C=O) groups excluding carboxylic acids is 1. The van der Waals surface area contributed by atoms with Crippen LogP contribution >= 0.6 is 0 Å². The van der Waals surface area contributed by atoms with Gasteiger partial charge in [0.1, 0.15) is 0 Å². The van der Waals surface area contributed by atoms with E-state index in [0.29, 0.717) is 24.1 Å². The smallest absolute Gasteiger partial charge is 0.475 e. The number of hydrogen-bond acceptors (Lipinski definition) is 5. The van der Waals surface area contributed by atoms with E-state index in [4.69, 9.17) is 19.8 Å². The highest BCUT2D eigenvalue weighted by molar-refractivity contribution is 5.94. The van der Waals surface area contributed by atoms with Crippen LogP contribution in [0.5, 0.6) is 0 Å². The van der Waals surface area contributed by atoms with Crippen molar-refractivity contribution < 1.29 is 50.9 Å². The molecule has 2 aliphatic rings. The van der Waals surface area contributed by atoms with Gasteiger partial charge in [-0.1, -0.05) is 18.2 Å². The maximum atomic E-state index is 12.2. The molecule has 1 amide bonds. The zero-order valence-corrected chi connectivity index (χ0v) is 19.7. The first-order valence-corrected chi connectivity index (χ1v) is 11.3. The second-order valence-corrected chi connectivity index (χ2v) is 8.53. The summed E-state index contributed by atoms with van der Waals surface area (Å²) in [5.41, 5.74) is 2.91. The third kappa shape index (κ3) is 11.2. The van der Waals surface area contributed by atoms with Crippen molar-refractivity contribution in [1.29, 1.82) is 0 Å². The van der Waals surface area contributed by atoms with Gasteiger partial charge in [-0.3, -0.25) is 9.78 Å². The number of halogens is 6. The highest BCUT2D eigenvalue weighted by atomic mass is 19.4. The summed E-state index contributed by atoms with van der Waals surface area (Å²) in [4.78, 5) is 34.2. The molecule has 4 N–H and O–H groups in total. The highest BCUT2D eigenvalue weighted by Crippen LogP contribution is 2.41. The van der Waals surface area contributed by atoms with Crippen LogP contribution < -0.4 is 10.6 Å². The zero-order chi connectivity index (χ0) is 28.5. The van der Waals surface area contributed by atoms with Gasteiger partial charge in [-0.2, -0.15) is 26.3 Å². The average molecular weight is 549 g/mol. The molecule has 208 valence electrons. The molecule has 0 saturated heterocycles. The number of carbonyl (C=O) groups is 3. The fourth-order valence-electron chi connectivity index (χ4n) is 3.09. The molecule has 0 aliphatic heterocycles. The Morgan fingerprint density at radius 1 is 0.895 bits per heavy atom. The minimum Gasteiger partial charge on any atom is -0.475 e. The first kappa shape index (κ1) is 30.5. The number of nitrogens with one attached hydrogen (secondary N) is 2. The summed E-state index contributed by atoms with van der Waals surface area (Å²) < 4.78 is 63.5. The molecule has 4 rings (SSSR count). The number of aromatic nitrogens is 1. The third-order valence-corrected chi connectivity index (χ3v) is 5.40. The summed E-state index contributed by atoms with van der Waals surface area (Å²) in [5, 5.41) is 20.8. The van der Waals surface area contributed by atoms with Crippen molar-refractivity contribution in [3.8, 4) is 0 Å². The summed E-state index contributed by atoms with van der Waals surface area (Å²) >= 11 is 0. The maximum Gasteiger partial charge on any atom is 0.490 e. The number of alkyl halides is 6. The normalized spacial score (nSPS) is 18.2. The lowest BCUT2D eigenvalue weighted by molar-refractivity contribution is -0.193. The monoisotopic (exact) mass is 549 g/mol. The Morgan fingerprint density at radius 2 is 1.45 bits per heavy atom. The van der Waals surface area contributed by atoms with Crippen LogP contribution in [0.1, 0.15) is 46.8 Å². The fraction of sp³-hybridized carbons (Fsp3) is 0.417. The number of nitrogens with zero attached hydrogens (tertiary/aromatic N) is 1. The summed E-state index contributed by atoms with van der Waals surface area (Å²) in [6.45, 7) is 1.63. The van der Waals surface area contributed by atoms with Crippen molar-refractivity contribution in [2.24, 2.45) is 5.92 Å². The predicted octanol–water partition coefficient (Wildman–Crippen LogP) is 4.13. The van der Waals surface area contributed by atoms with E-state index in [2.05, 4.69) is 27.8 Å². The van der Waals surface area contributed by atoms with Gasteiger partial charge in [0.15, 0.2) is 0 Å². The van der Waals surface area contributed by atoms with Gasteiger partial charge in [0.2, 0.25) is 0 Å². The molecule has 1 aromatic heterocycles. The Hall–Kier alpha value is -3.68. The van der Waals surface area contributed by atoms with Crippen molar-refractivity contribution in [1.82, 2.24) is 15.6 Å². The summed E-state index contributed by atoms with van der Waals surface area (Å²) in [5.74, 6) is -4.02. The van der Waals surface area contributed by atoms with Gasteiger partial charge in [0.05, 0.1) is 12.2 Å². The Labute approximate surface area is 213 Å². The molecule has 0 spiro atoms. The molecule has 2 atom stereocenters. The Kier molecular flexibility index (Phi) is 10.6. The van der Waals surface area contributed by atoms with Crippen LogP contribution in [0.2, 0.25) is 0 Å². The molecule has 8 nitrogen and oxygen atoms in total. The van der Waals surface area contributed by atoms with E-state index in [9.17, 15) is 31.1 Å². The quantitative estimate of drug-likeness (QED) is 0.383. The van der Waals surface area contributed by atoms with Crippen molar-refractivity contribution in [3.05, 3.63) is 65.5 Å². The van der Waals surface area contributed by atoms with E-state index in [0.717, 1.165) is 11.6 Å². The van der Waals surface area contributed by atoms with E-state index in [1.54, 1.807) is 6.20 Å². The molecular formula is C24H25F6N3O5. The van der Waals surface area contributed by atoms with Crippen molar-refractivity contribution >= 4 is 17.8 Å². The third-order valence-electron chi connectivity index (χ3n) is 5.40. The maximum absolute atomic E-state index is 12.2. The first-order valence-electron chi connectivity index (χ1n) is 11.3. The lowest BCUT2D eigenvalue weighted by Crippen LogP contribution is -2.23. The van der Waals surface area contributed by atoms with E-state index < -0.39 is 24.3 Å². The molecule has 14 heteroatoms. The van der Waals surface area contributed by atoms with Crippen LogP contribution in [0, 0.1) is 5.92 Å². The summed E-state index contributed by atoms with van der Waals surface area (Å²) in [6, 6.07) is 14.4. The van der Waals surface area contributed by atoms with Crippen molar-refractivity contribution in [2.75, 3.05) is 6.54 Å². The fourth-order valence-corrected chi connectivity index (χ4v) is 3.09. The number of carboxylic acids is 2. The van der Waals surface area contributed by atoms with Gasteiger partial charge in [0.25, 0.3) is 5.91 Å². The van der Waals surface area contributed by atoms with Crippen LogP contribution in [0.3, 0.4) is 0 Å². The second kappa shape index (κ2) is 13.2. The minimum atomic E-state index is -5.08. The Balaban J connectivity index is 0.000000301. The minimum absolute atomic E-state index is 0.0496. The molecule has 1 aromatic carbocycles. The molecule has 2 aromatic rings. The van der Waals surface area contributed by atoms with Gasteiger partial charge in [0, 0.05) is 23.7 Å². The zero-order valence-electron chi connectivity index (χ0n) is 19.7. The molecule has 0 radical (unpaired) electrons. The Morgan fingerprint density at radius 3 is 1.89 bits per heavy atom. The topological polar surface area (TPSA) is 129 Å². The number of hydrogen-bond donors (Lipinski definition) is 4. The lowest BCUT2D eigenvalue weighted by atomic mass is 10.1. The lowest BCUT2D eigenvalue weighted by Gasteiger charge is -2.07. The van der Waals surface area contributed by atoms with Crippen LogP contribution in [-0.4, -0.2) is 58.0 Å². The SMILES string of the molecule is O=C(NCc1ccccn1)c1ccc([C@@H]2C[C@H]2NCC2CC2)cc1.O=C(O)C(F)(F)F.O=C(O)C(F)(F)F. The van der Waals surface area contributed by atoms with E-state index in [1.807, 2.05) is 30.3 Å². The van der Waals surface area contributed by atoms with Crippen LogP contribution in [0.25, 0.3) is 0 Å². The highest BCUT2D eigenvalue weighted by Gasteiger charge is 2.39. The van der Waals surface area contributed by atoms with Gasteiger partial charge in [-0.25, -0.2) is 9.59 Å². The van der Waals surface area contributed by atoms with Gasteiger partial charge >= 0.3 is 24.3 Å². The molecular weight excluding hydrogens is 524 g/mol. The van der Waals surface area contributed by atoms with Gasteiger partial charge in [-0.05, 0) is 61.6 Å². The number of aliphatic carboxylic acids is 2. The van der Waals surface area contributed by atoms with Gasteiger partial charge in [-0.15, -0.1) is 0 Å². The largest absolute Gasteiger partial charge is 0.490 e. The summed E-state index contributed by atoms with van der Waals surface area (Å²) in [7, 11) is 0. The molecule has 2 saturated carbocycles. The Bertz CT molecular complexity index is 1050. The number of carboxylic acid groups (broad SMARTS) is 2. The van der Waals surface area contributed by atoms with Crippen LogP contribution in [-0.2, 0) is 16.1 Å². The number of pyridine rings is 1. The summed E-state index contributed by atoms with van der Waals surface area (Å²) in [6.07, 6.45) is -4.42. The van der Waals surface area contributed by atoms with Crippen molar-refractivity contribution in [2.45, 2.75) is 50.1 Å². The van der Waals surface area contributed by atoms with Crippen LogP contribution in [0.15, 0.2) is 48.7 Å². The molecule has 2 aliphatic carbocycles.